The van der Waals surface area contributed by atoms with Crippen LogP contribution in [0.1, 0.15) is 0 Å². The Morgan fingerprint density at radius 2 is 1.88 bits per heavy atom. The summed E-state index contributed by atoms with van der Waals surface area (Å²) in [6.07, 6.45) is 0.994. The van der Waals surface area contributed by atoms with Crippen molar-refractivity contribution >= 4 is 26.1 Å². The molecule has 1 aromatic carbocycles. The van der Waals surface area contributed by atoms with Gasteiger partial charge in [-0.25, -0.2) is 0 Å². The normalized spacial score (nSPS) is 12.6. The highest BCUT2D eigenvalue weighted by atomic mass is 32.2. The fourth-order valence-electron chi connectivity index (χ4n) is 1.37. The van der Waals surface area contributed by atoms with Crippen LogP contribution in [0.4, 0.5) is 0 Å². The predicted octanol–water partition coefficient (Wildman–Crippen LogP) is 4.20. The average Bonchev–Trinajstić information content (AvgIpc) is 2.24. The van der Waals surface area contributed by atoms with Gasteiger partial charge in [-0.2, -0.15) is 0 Å². The second kappa shape index (κ2) is 6.06. The maximum atomic E-state index is 10.9. The molecule has 0 spiro atoms. The van der Waals surface area contributed by atoms with Crippen molar-refractivity contribution in [2.75, 3.05) is 0 Å². The fourth-order valence-corrected chi connectivity index (χ4v) is 3.66. The van der Waals surface area contributed by atoms with E-state index in [2.05, 4.69) is 31.8 Å². The number of rotatable bonds is 5. The highest BCUT2D eigenvalue weighted by Crippen LogP contribution is 2.23. The Kier molecular flexibility index (Phi) is 5.02. The fraction of sp³-hybridized carbons (Fsp3) is 0.308. The molecule has 3 heteroatoms. The Hall–Kier alpha value is -0.803. The van der Waals surface area contributed by atoms with Crippen molar-refractivity contribution in [2.45, 2.75) is 30.6 Å². The molecule has 1 rings (SSSR count). The van der Waals surface area contributed by atoms with Crippen LogP contribution in [0.3, 0.4) is 0 Å². The van der Waals surface area contributed by atoms with E-state index in [1.807, 2.05) is 23.6 Å². The second-order valence-corrected chi connectivity index (χ2v) is 11.4. The van der Waals surface area contributed by atoms with Gasteiger partial charge in [0.2, 0.25) is 0 Å². The van der Waals surface area contributed by atoms with E-state index in [0.717, 1.165) is 17.9 Å². The minimum atomic E-state index is -1.19. The van der Waals surface area contributed by atoms with Gasteiger partial charge in [0.15, 0.2) is 0 Å². The third-order valence-corrected chi connectivity index (χ3v) is 4.41. The molecule has 0 aliphatic rings. The van der Waals surface area contributed by atoms with Crippen LogP contribution in [-0.2, 0) is 4.79 Å². The van der Waals surface area contributed by atoms with Crippen LogP contribution >= 0.6 is 11.8 Å². The van der Waals surface area contributed by atoms with Gasteiger partial charge in [0, 0.05) is 13.0 Å². The van der Waals surface area contributed by atoms with Crippen LogP contribution in [0, 0.1) is 0 Å². The van der Waals surface area contributed by atoms with Crippen LogP contribution in [-0.4, -0.2) is 14.4 Å². The van der Waals surface area contributed by atoms with Crippen LogP contribution in [0.15, 0.2) is 46.2 Å². The molecule has 0 saturated heterocycles. The zero-order chi connectivity index (χ0) is 12.0. The van der Waals surface area contributed by atoms with Gasteiger partial charge in [0.25, 0.3) is 0 Å². The van der Waals surface area contributed by atoms with E-state index < -0.39 is 8.07 Å². The lowest BCUT2D eigenvalue weighted by Crippen LogP contribution is -2.20. The molecule has 0 aliphatic heterocycles. The van der Waals surface area contributed by atoms with E-state index >= 15 is 0 Å². The predicted molar refractivity (Wildman–Crippen MR) is 74.6 cm³/mol. The third kappa shape index (κ3) is 5.33. The molecule has 16 heavy (non-hydrogen) atoms. The lowest BCUT2D eigenvalue weighted by Gasteiger charge is -2.14. The molecule has 1 aromatic rings. The number of hydrogen-bond donors (Lipinski definition) is 0. The summed E-state index contributed by atoms with van der Waals surface area (Å²) in [7, 11) is -1.19. The van der Waals surface area contributed by atoms with Crippen LogP contribution in [0.2, 0.25) is 25.7 Å². The van der Waals surface area contributed by atoms with Gasteiger partial charge in [-0.05, 0) is 29.2 Å². The first-order chi connectivity index (χ1) is 7.51. The Bertz CT molecular complexity index is 365. The molecular weight excluding hydrogens is 232 g/mol. The maximum Gasteiger partial charge on any atom is 0.146 e. The highest BCUT2D eigenvalue weighted by Gasteiger charge is 2.14. The zero-order valence-corrected chi connectivity index (χ0v) is 11.9. The van der Waals surface area contributed by atoms with Crippen molar-refractivity contribution in [2.24, 2.45) is 0 Å². The van der Waals surface area contributed by atoms with Crippen LogP contribution in [0.5, 0.6) is 0 Å². The van der Waals surface area contributed by atoms with Gasteiger partial charge >= 0.3 is 0 Å². The molecule has 86 valence electrons. The molecule has 0 fully saturated rings. The number of benzene rings is 1. The summed E-state index contributed by atoms with van der Waals surface area (Å²) in [5, 5.41) is 1.99. The van der Waals surface area contributed by atoms with Crippen molar-refractivity contribution in [3.05, 3.63) is 41.3 Å². The maximum absolute atomic E-state index is 10.9. The molecular formula is C13H18OSSi. The number of carbonyl (C=O) groups is 1. The smallest absolute Gasteiger partial charge is 0.146 e. The standard InChI is InChI=1S/C13H18OSSi/c1-16(2,3)11-12(9-14)10-15-13-7-5-4-6-8-13/h4-10H,11H2,1-3H3/b12-10-. The first-order valence-corrected chi connectivity index (χ1v) is 9.96. The van der Waals surface area contributed by atoms with Gasteiger partial charge in [-0.1, -0.05) is 49.6 Å². The molecule has 0 aliphatic carbocycles. The Balaban J connectivity index is 2.64. The summed E-state index contributed by atoms with van der Waals surface area (Å²) in [6.45, 7) is 6.83. The van der Waals surface area contributed by atoms with Crippen molar-refractivity contribution in [3.8, 4) is 0 Å². The van der Waals surface area contributed by atoms with Gasteiger partial charge < -0.3 is 0 Å². The number of thioether (sulfide) groups is 1. The van der Waals surface area contributed by atoms with E-state index in [1.54, 1.807) is 11.8 Å². The largest absolute Gasteiger partial charge is 0.298 e. The van der Waals surface area contributed by atoms with Crippen molar-refractivity contribution in [1.82, 2.24) is 0 Å². The molecule has 0 saturated carbocycles. The van der Waals surface area contributed by atoms with E-state index in [-0.39, 0.29) is 0 Å². The first-order valence-electron chi connectivity index (χ1n) is 5.37. The molecule has 1 nitrogen and oxygen atoms in total. The quantitative estimate of drug-likeness (QED) is 0.337. The number of aldehydes is 1. The molecule has 0 aromatic heterocycles. The lowest BCUT2D eigenvalue weighted by atomic mass is 10.4. The summed E-state index contributed by atoms with van der Waals surface area (Å²) < 4.78 is 0. The average molecular weight is 250 g/mol. The Morgan fingerprint density at radius 1 is 1.25 bits per heavy atom. The molecule has 0 unspecified atom stereocenters. The van der Waals surface area contributed by atoms with Gasteiger partial charge in [0.05, 0.1) is 0 Å². The van der Waals surface area contributed by atoms with Gasteiger partial charge in [-0.3, -0.25) is 4.79 Å². The summed E-state index contributed by atoms with van der Waals surface area (Å²) in [4.78, 5) is 12.1. The monoisotopic (exact) mass is 250 g/mol. The minimum absolute atomic E-state index is 0.924. The van der Waals surface area contributed by atoms with Crippen molar-refractivity contribution in [1.29, 1.82) is 0 Å². The number of carbonyl (C=O) groups excluding carboxylic acids is 1. The van der Waals surface area contributed by atoms with E-state index in [1.165, 1.54) is 4.90 Å². The SMILES string of the molecule is C[Si](C)(C)C/C(C=O)=C\Sc1ccccc1. The van der Waals surface area contributed by atoms with Crippen LogP contribution < -0.4 is 0 Å². The highest BCUT2D eigenvalue weighted by molar-refractivity contribution is 8.02. The molecule has 0 radical (unpaired) electrons. The number of hydrogen-bond acceptors (Lipinski definition) is 2. The summed E-state index contributed by atoms with van der Waals surface area (Å²) in [5.74, 6) is 0. The minimum Gasteiger partial charge on any atom is -0.298 e. The summed E-state index contributed by atoms with van der Waals surface area (Å²) in [6, 6.07) is 11.1. The van der Waals surface area contributed by atoms with E-state index in [4.69, 9.17) is 0 Å². The lowest BCUT2D eigenvalue weighted by molar-refractivity contribution is -0.104. The summed E-state index contributed by atoms with van der Waals surface area (Å²) >= 11 is 1.62. The molecule has 0 N–H and O–H groups in total. The van der Waals surface area contributed by atoms with Gasteiger partial charge in [0.1, 0.15) is 6.29 Å². The number of allylic oxidation sites excluding steroid dienone is 1. The molecule has 0 heterocycles. The first kappa shape index (κ1) is 13.3. The molecule has 0 atom stereocenters. The third-order valence-electron chi connectivity index (χ3n) is 1.98. The van der Waals surface area contributed by atoms with E-state index in [0.29, 0.717) is 0 Å². The van der Waals surface area contributed by atoms with E-state index in [9.17, 15) is 4.79 Å². The second-order valence-electron chi connectivity index (χ2n) is 4.98. The topological polar surface area (TPSA) is 17.1 Å². The summed E-state index contributed by atoms with van der Waals surface area (Å²) in [5.41, 5.74) is 0.924. The van der Waals surface area contributed by atoms with Gasteiger partial charge in [-0.15, -0.1) is 0 Å². The van der Waals surface area contributed by atoms with Crippen molar-refractivity contribution in [3.63, 3.8) is 0 Å². The van der Waals surface area contributed by atoms with Crippen molar-refractivity contribution < 1.29 is 4.79 Å². The molecule has 0 bridgehead atoms. The molecule has 0 amide bonds. The zero-order valence-electron chi connectivity index (χ0n) is 10.1. The van der Waals surface area contributed by atoms with Crippen LogP contribution in [0.25, 0.3) is 0 Å². The Labute approximate surface area is 103 Å². The Morgan fingerprint density at radius 3 is 2.38 bits per heavy atom.